The van der Waals surface area contributed by atoms with Crippen molar-refractivity contribution >= 4 is 18.5 Å². The van der Waals surface area contributed by atoms with Crippen molar-refractivity contribution in [2.45, 2.75) is 47.0 Å². The molecule has 1 heterocycles. The van der Waals surface area contributed by atoms with Crippen LogP contribution in [0.4, 0.5) is 0 Å². The molecule has 200 valence electrons. The maximum absolute atomic E-state index is 2.53. The molecule has 4 heteroatoms. The number of rotatable bonds is 4. The number of allylic oxidation sites excluding steroid dienone is 2. The predicted octanol–water partition coefficient (Wildman–Crippen LogP) is 4.05. The van der Waals surface area contributed by atoms with E-state index in [1.54, 1.807) is 43.8 Å². The first-order valence-corrected chi connectivity index (χ1v) is 19.4. The van der Waals surface area contributed by atoms with E-state index in [9.17, 15) is 0 Å². The van der Waals surface area contributed by atoms with Crippen LogP contribution in [0.2, 0.25) is 12.1 Å². The van der Waals surface area contributed by atoms with Crippen LogP contribution in [0.5, 0.6) is 0 Å². The Labute approximate surface area is 264 Å². The van der Waals surface area contributed by atoms with Gasteiger partial charge in [-0.15, -0.1) is 0 Å². The Morgan fingerprint density at radius 2 is 0.950 bits per heavy atom. The molecule has 0 saturated heterocycles. The molecule has 0 aromatic heterocycles. The summed E-state index contributed by atoms with van der Waals surface area (Å²) in [7, 11) is -2.06. The molecular weight excluding hydrogens is 623 g/mol. The van der Waals surface area contributed by atoms with Gasteiger partial charge in [0.25, 0.3) is 0 Å². The summed E-state index contributed by atoms with van der Waals surface area (Å²) < 4.78 is 1.34. The standard InChI is InChI=1S/C36H34Si.2ClH.Zr/c1-5-37(6-2,35-25(3)23-29-19-13-21-31(33(29)35)27-15-9-7-10-16-27)36-26(4)24-30-20-14-22-32(34(30)36)28-17-11-8-12-18-28;;;/h7-24H,5-6H2,1-4H3;2*1H;/q;;;+2/p-2. The molecule has 4 aromatic carbocycles. The summed E-state index contributed by atoms with van der Waals surface area (Å²) in [4.78, 5) is 0. The molecule has 0 N–H and O–H groups in total. The van der Waals surface area contributed by atoms with E-state index in [-0.39, 0.29) is 24.8 Å². The zero-order valence-corrected chi connectivity index (χ0v) is 28.5. The predicted molar refractivity (Wildman–Crippen MR) is 161 cm³/mol. The molecule has 0 amide bonds. The SMILES string of the molecule is CC[Si]1(CC)C2=C(C)[CH]([Zr+2][CH]3C(C)=C1c1c(-c4ccccc4)cccc13)c1cccc(-c3ccccc3)c12.[Cl-].[Cl-]. The van der Waals surface area contributed by atoms with Crippen molar-refractivity contribution in [3.63, 3.8) is 0 Å². The largest absolute Gasteiger partial charge is 1.00 e. The molecule has 2 aliphatic carbocycles. The van der Waals surface area contributed by atoms with Crippen molar-refractivity contribution < 1.29 is 48.0 Å². The van der Waals surface area contributed by atoms with Crippen LogP contribution >= 0.6 is 0 Å². The number of halogens is 2. The van der Waals surface area contributed by atoms with E-state index in [0.717, 1.165) is 0 Å². The Morgan fingerprint density at radius 1 is 0.550 bits per heavy atom. The molecule has 0 saturated carbocycles. The Bertz CT molecular complexity index is 1520. The number of fused-ring (bicyclic) bond motifs is 8. The molecule has 0 radical (unpaired) electrons. The summed E-state index contributed by atoms with van der Waals surface area (Å²) in [5.74, 6) is 0. The first-order valence-electron chi connectivity index (χ1n) is 14.2. The third kappa shape index (κ3) is 4.09. The van der Waals surface area contributed by atoms with Crippen LogP contribution in [0.3, 0.4) is 0 Å². The van der Waals surface area contributed by atoms with Crippen LogP contribution in [0.25, 0.3) is 32.6 Å². The first kappa shape index (κ1) is 29.5. The second kappa shape index (κ2) is 11.4. The van der Waals surface area contributed by atoms with Crippen molar-refractivity contribution in [1.29, 1.82) is 0 Å². The molecule has 7 rings (SSSR count). The van der Waals surface area contributed by atoms with Crippen LogP contribution in [-0.2, 0) is 23.2 Å². The second-order valence-electron chi connectivity index (χ2n) is 11.2. The van der Waals surface area contributed by atoms with Crippen molar-refractivity contribution in [1.82, 2.24) is 0 Å². The Kier molecular flexibility index (Phi) is 8.40. The summed E-state index contributed by atoms with van der Waals surface area (Å²) in [5.41, 5.74) is 15.7. The fourth-order valence-electron chi connectivity index (χ4n) is 7.96. The maximum atomic E-state index is 2.53. The fraction of sp³-hybridized carbons (Fsp3) is 0.222. The Morgan fingerprint density at radius 3 is 1.32 bits per heavy atom. The fourth-order valence-corrected chi connectivity index (χ4v) is 19.0. The van der Waals surface area contributed by atoms with Gasteiger partial charge in [-0.1, -0.05) is 0 Å². The van der Waals surface area contributed by atoms with E-state index in [4.69, 9.17) is 0 Å². The summed E-state index contributed by atoms with van der Waals surface area (Å²) in [6.45, 7) is 10.1. The van der Waals surface area contributed by atoms with Gasteiger partial charge < -0.3 is 24.8 Å². The van der Waals surface area contributed by atoms with Crippen LogP contribution in [0.1, 0.15) is 57.2 Å². The van der Waals surface area contributed by atoms with E-state index in [2.05, 4.69) is 125 Å². The molecule has 4 bridgehead atoms. The van der Waals surface area contributed by atoms with Crippen molar-refractivity contribution in [3.05, 3.63) is 130 Å². The normalized spacial score (nSPS) is 19.3. The summed E-state index contributed by atoms with van der Waals surface area (Å²) >= 11 is -0.874. The van der Waals surface area contributed by atoms with Crippen LogP contribution in [-0.4, -0.2) is 8.07 Å². The van der Waals surface area contributed by atoms with E-state index in [1.807, 2.05) is 0 Å². The van der Waals surface area contributed by atoms with Crippen molar-refractivity contribution in [2.24, 2.45) is 0 Å². The van der Waals surface area contributed by atoms with Crippen molar-refractivity contribution in [3.8, 4) is 22.3 Å². The van der Waals surface area contributed by atoms with Gasteiger partial charge in [-0.05, 0) is 0 Å². The minimum absolute atomic E-state index is 0. The quantitative estimate of drug-likeness (QED) is 0.291. The number of benzene rings is 4. The van der Waals surface area contributed by atoms with Gasteiger partial charge in [-0.2, -0.15) is 0 Å². The number of hydrogen-bond acceptors (Lipinski definition) is 0. The van der Waals surface area contributed by atoms with Gasteiger partial charge in [-0.3, -0.25) is 0 Å². The zero-order chi connectivity index (χ0) is 26.0. The zero-order valence-electron chi connectivity index (χ0n) is 23.6. The molecule has 1 aliphatic heterocycles. The Hall–Kier alpha value is -1.96. The third-order valence-electron chi connectivity index (χ3n) is 9.64. The molecule has 40 heavy (non-hydrogen) atoms. The molecule has 4 aromatic rings. The van der Waals surface area contributed by atoms with Gasteiger partial charge in [0.05, 0.1) is 0 Å². The van der Waals surface area contributed by atoms with E-state index >= 15 is 0 Å². The summed E-state index contributed by atoms with van der Waals surface area (Å²) in [6.07, 6.45) is 0. The molecular formula is C36H34Cl2SiZr. The van der Waals surface area contributed by atoms with Crippen LogP contribution in [0.15, 0.2) is 108 Å². The van der Waals surface area contributed by atoms with Gasteiger partial charge in [0.15, 0.2) is 0 Å². The van der Waals surface area contributed by atoms with Gasteiger partial charge >= 0.3 is 241 Å². The molecule has 2 unspecified atom stereocenters. The minimum Gasteiger partial charge on any atom is -1.00 e. The third-order valence-corrected chi connectivity index (χ3v) is 20.6. The minimum atomic E-state index is -2.06. The Balaban J connectivity index is 0.00000161. The summed E-state index contributed by atoms with van der Waals surface area (Å²) in [6, 6.07) is 39.4. The molecule has 0 nitrogen and oxygen atoms in total. The average molecular weight is 657 g/mol. The van der Waals surface area contributed by atoms with E-state index < -0.39 is 31.3 Å². The molecule has 2 atom stereocenters. The second-order valence-corrected chi connectivity index (χ2v) is 19.4. The van der Waals surface area contributed by atoms with E-state index in [1.165, 1.54) is 34.3 Å². The van der Waals surface area contributed by atoms with Crippen molar-refractivity contribution in [2.75, 3.05) is 0 Å². The molecule has 0 fully saturated rings. The summed E-state index contributed by atoms with van der Waals surface area (Å²) in [5, 5.41) is 3.60. The van der Waals surface area contributed by atoms with Crippen LogP contribution in [0, 0.1) is 0 Å². The molecule has 0 spiro atoms. The first-order chi connectivity index (χ1) is 18.6. The smallest absolute Gasteiger partial charge is 1.00 e. The topological polar surface area (TPSA) is 0 Å². The number of hydrogen-bond donors (Lipinski definition) is 0. The average Bonchev–Trinajstić information content (AvgIpc) is 3.44. The monoisotopic (exact) mass is 654 g/mol. The van der Waals surface area contributed by atoms with Gasteiger partial charge in [0.2, 0.25) is 0 Å². The molecule has 3 aliphatic rings. The van der Waals surface area contributed by atoms with Gasteiger partial charge in [0, 0.05) is 0 Å². The van der Waals surface area contributed by atoms with Crippen LogP contribution < -0.4 is 24.8 Å². The maximum Gasteiger partial charge on any atom is -1.00 e. The van der Waals surface area contributed by atoms with Gasteiger partial charge in [0.1, 0.15) is 0 Å². The van der Waals surface area contributed by atoms with Gasteiger partial charge in [-0.25, -0.2) is 0 Å². The van der Waals surface area contributed by atoms with E-state index in [0.29, 0.717) is 7.25 Å².